The number of hydrogen-bond donors (Lipinski definition) is 4. The molecule has 5 N–H and O–H groups in total. The average molecular weight is 433 g/mol. The first-order valence-corrected chi connectivity index (χ1v) is 10.1. The molecule has 4 heterocycles. The number of ether oxygens (including phenoxy) is 1. The summed E-state index contributed by atoms with van der Waals surface area (Å²) >= 11 is 1.30. The van der Waals surface area contributed by atoms with Crippen molar-refractivity contribution >= 4 is 34.1 Å². The first kappa shape index (κ1) is 20.7. The van der Waals surface area contributed by atoms with Gasteiger partial charge in [0.05, 0.1) is 16.9 Å². The maximum atomic E-state index is 12.3. The minimum atomic E-state index is -1.68. The highest BCUT2D eigenvalue weighted by Crippen LogP contribution is 2.43. The number of carbonyl (C=O) groups excluding carboxylic acids is 1. The van der Waals surface area contributed by atoms with Gasteiger partial charge in [-0.15, -0.1) is 11.3 Å². The number of aromatic nitrogens is 3. The van der Waals surface area contributed by atoms with E-state index in [2.05, 4.69) is 9.97 Å². The van der Waals surface area contributed by atoms with Crippen LogP contribution in [0.5, 0.6) is 0 Å². The van der Waals surface area contributed by atoms with Crippen LogP contribution < -0.4 is 5.73 Å². The number of anilines is 1. The SMILES string of the molecule is CN(C)C(=O)c1ccc(-c2cn(C3OC(CO)C(O)C3(C)O)c3ncnc(N)c23)s1. The predicted octanol–water partition coefficient (Wildman–Crippen LogP) is 0.445. The number of amides is 1. The van der Waals surface area contributed by atoms with Gasteiger partial charge in [0.25, 0.3) is 5.91 Å². The third kappa shape index (κ3) is 3.06. The lowest BCUT2D eigenvalue weighted by atomic mass is 9.96. The van der Waals surface area contributed by atoms with Crippen molar-refractivity contribution in [1.82, 2.24) is 19.4 Å². The van der Waals surface area contributed by atoms with Crippen molar-refractivity contribution in [3.63, 3.8) is 0 Å². The van der Waals surface area contributed by atoms with E-state index in [4.69, 9.17) is 10.5 Å². The number of nitrogens with two attached hydrogens (primary N) is 1. The van der Waals surface area contributed by atoms with Gasteiger partial charge in [0.1, 0.15) is 35.6 Å². The summed E-state index contributed by atoms with van der Waals surface area (Å²) in [4.78, 5) is 23.5. The zero-order chi connectivity index (χ0) is 21.8. The normalized spacial score (nSPS) is 26.4. The summed E-state index contributed by atoms with van der Waals surface area (Å²) in [5, 5.41) is 31.3. The lowest BCUT2D eigenvalue weighted by Crippen LogP contribution is -2.44. The molecule has 3 aromatic rings. The summed E-state index contributed by atoms with van der Waals surface area (Å²) in [7, 11) is 3.36. The van der Waals surface area contributed by atoms with E-state index < -0.39 is 30.6 Å². The predicted molar refractivity (Wildman–Crippen MR) is 111 cm³/mol. The van der Waals surface area contributed by atoms with Gasteiger partial charge in [0, 0.05) is 30.7 Å². The summed E-state index contributed by atoms with van der Waals surface area (Å²) in [5.74, 6) is 0.120. The molecule has 10 nitrogen and oxygen atoms in total. The lowest BCUT2D eigenvalue weighted by molar-refractivity contribution is -0.0948. The van der Waals surface area contributed by atoms with Crippen molar-refractivity contribution in [2.45, 2.75) is 31.0 Å². The van der Waals surface area contributed by atoms with Gasteiger partial charge in [-0.3, -0.25) is 4.79 Å². The van der Waals surface area contributed by atoms with Gasteiger partial charge in [0.2, 0.25) is 0 Å². The fraction of sp³-hybridized carbons (Fsp3) is 0.421. The number of fused-ring (bicyclic) bond motifs is 1. The number of carbonyl (C=O) groups is 1. The summed E-state index contributed by atoms with van der Waals surface area (Å²) in [5.41, 5.74) is 5.54. The Morgan fingerprint density at radius 3 is 2.77 bits per heavy atom. The van der Waals surface area contributed by atoms with Gasteiger partial charge in [-0.25, -0.2) is 9.97 Å². The van der Waals surface area contributed by atoms with E-state index in [0.717, 1.165) is 4.88 Å². The van der Waals surface area contributed by atoms with Crippen molar-refractivity contribution in [3.8, 4) is 10.4 Å². The Kier molecular flexibility index (Phi) is 5.03. The van der Waals surface area contributed by atoms with Gasteiger partial charge in [-0.05, 0) is 19.1 Å². The van der Waals surface area contributed by atoms with Gasteiger partial charge < -0.3 is 35.3 Å². The zero-order valence-electron chi connectivity index (χ0n) is 16.7. The molecule has 4 unspecified atom stereocenters. The third-order valence-electron chi connectivity index (χ3n) is 5.31. The number of rotatable bonds is 4. The highest BCUT2D eigenvalue weighted by Gasteiger charge is 2.53. The number of thiophene rings is 1. The van der Waals surface area contributed by atoms with Crippen LogP contribution in [0.2, 0.25) is 0 Å². The van der Waals surface area contributed by atoms with Gasteiger partial charge in [0.15, 0.2) is 6.23 Å². The molecule has 0 radical (unpaired) electrons. The van der Waals surface area contributed by atoms with Crippen LogP contribution in [0.4, 0.5) is 5.82 Å². The van der Waals surface area contributed by atoms with E-state index in [9.17, 15) is 20.1 Å². The van der Waals surface area contributed by atoms with E-state index in [1.54, 1.807) is 30.9 Å². The van der Waals surface area contributed by atoms with E-state index in [0.29, 0.717) is 21.5 Å². The van der Waals surface area contributed by atoms with Crippen LogP contribution in [0.1, 0.15) is 22.8 Å². The molecule has 0 spiro atoms. The number of hydrogen-bond acceptors (Lipinski definition) is 9. The van der Waals surface area contributed by atoms with E-state index in [1.165, 1.54) is 29.5 Å². The van der Waals surface area contributed by atoms with E-state index in [1.807, 2.05) is 6.07 Å². The second-order valence-electron chi connectivity index (χ2n) is 7.65. The largest absolute Gasteiger partial charge is 0.394 e. The summed E-state index contributed by atoms with van der Waals surface area (Å²) in [6.07, 6.45) is -0.249. The molecule has 1 saturated heterocycles. The molecular formula is C19H23N5O5S. The van der Waals surface area contributed by atoms with Crippen molar-refractivity contribution in [1.29, 1.82) is 0 Å². The Hall–Kier alpha value is -2.57. The van der Waals surface area contributed by atoms with E-state index in [-0.39, 0.29) is 11.7 Å². The Bertz CT molecular complexity index is 1110. The second-order valence-corrected chi connectivity index (χ2v) is 8.73. The molecule has 0 aliphatic carbocycles. The molecule has 1 aliphatic heterocycles. The van der Waals surface area contributed by atoms with Crippen molar-refractivity contribution in [2.75, 3.05) is 26.4 Å². The van der Waals surface area contributed by atoms with Crippen LogP contribution in [0, 0.1) is 0 Å². The molecule has 11 heteroatoms. The molecule has 4 atom stereocenters. The van der Waals surface area contributed by atoms with E-state index >= 15 is 0 Å². The Labute approximate surface area is 176 Å². The molecule has 4 rings (SSSR count). The lowest BCUT2D eigenvalue weighted by Gasteiger charge is -2.27. The molecule has 0 saturated carbocycles. The standard InChI is InChI=1S/C19H23N5O5S/c1-19(28)14(26)10(7-25)29-18(19)24-6-9(13-15(20)21-8-22-16(13)24)11-4-5-12(30-11)17(27)23(2)3/h4-6,8,10,14,18,25-26,28H,7H2,1-3H3,(H2,20,21,22). The smallest absolute Gasteiger partial charge is 0.263 e. The topological polar surface area (TPSA) is 147 Å². The molecule has 1 amide bonds. The van der Waals surface area contributed by atoms with Gasteiger partial charge in [-0.1, -0.05) is 0 Å². The molecule has 1 aliphatic rings. The molecular weight excluding hydrogens is 410 g/mol. The maximum absolute atomic E-state index is 12.3. The number of nitrogen functional groups attached to an aromatic ring is 1. The zero-order valence-corrected chi connectivity index (χ0v) is 17.5. The third-order valence-corrected chi connectivity index (χ3v) is 6.42. The Morgan fingerprint density at radius 2 is 2.13 bits per heavy atom. The van der Waals surface area contributed by atoms with Gasteiger partial charge >= 0.3 is 0 Å². The quantitative estimate of drug-likeness (QED) is 0.464. The van der Waals surface area contributed by atoms with Crippen LogP contribution >= 0.6 is 11.3 Å². The van der Waals surface area contributed by atoms with Crippen LogP contribution in [-0.2, 0) is 4.74 Å². The van der Waals surface area contributed by atoms with Crippen LogP contribution in [0.3, 0.4) is 0 Å². The maximum Gasteiger partial charge on any atom is 0.263 e. The first-order valence-electron chi connectivity index (χ1n) is 9.26. The summed E-state index contributed by atoms with van der Waals surface area (Å²) in [6.45, 7) is 0.991. The molecule has 160 valence electrons. The molecule has 0 aromatic carbocycles. The fourth-order valence-corrected chi connectivity index (χ4v) is 4.73. The van der Waals surface area contributed by atoms with Crippen molar-refractivity contribution < 1.29 is 24.9 Å². The second kappa shape index (κ2) is 7.29. The molecule has 3 aromatic heterocycles. The minimum Gasteiger partial charge on any atom is -0.394 e. The molecule has 1 fully saturated rings. The number of nitrogens with zero attached hydrogens (tertiary/aromatic N) is 4. The van der Waals surface area contributed by atoms with Crippen LogP contribution in [-0.4, -0.2) is 79.2 Å². The number of aliphatic hydroxyl groups is 3. The van der Waals surface area contributed by atoms with Crippen molar-refractivity contribution in [2.24, 2.45) is 0 Å². The summed E-state index contributed by atoms with van der Waals surface area (Å²) < 4.78 is 7.33. The van der Waals surface area contributed by atoms with Crippen molar-refractivity contribution in [3.05, 3.63) is 29.5 Å². The monoisotopic (exact) mass is 433 g/mol. The molecule has 0 bridgehead atoms. The fourth-order valence-electron chi connectivity index (χ4n) is 3.68. The number of aliphatic hydroxyl groups excluding tert-OH is 2. The molecule has 30 heavy (non-hydrogen) atoms. The highest BCUT2D eigenvalue weighted by atomic mass is 32.1. The highest BCUT2D eigenvalue weighted by molar-refractivity contribution is 7.17. The van der Waals surface area contributed by atoms with Crippen LogP contribution in [0.15, 0.2) is 24.7 Å². The Morgan fingerprint density at radius 1 is 1.40 bits per heavy atom. The van der Waals surface area contributed by atoms with Crippen LogP contribution in [0.25, 0.3) is 21.5 Å². The first-order chi connectivity index (χ1) is 14.2. The average Bonchev–Trinajstić information content (AvgIpc) is 3.38. The minimum absolute atomic E-state index is 0.116. The van der Waals surface area contributed by atoms with Gasteiger partial charge in [-0.2, -0.15) is 0 Å². The Balaban J connectivity index is 1.87. The summed E-state index contributed by atoms with van der Waals surface area (Å²) in [6, 6.07) is 3.55.